The van der Waals surface area contributed by atoms with Crippen molar-refractivity contribution in [2.45, 2.75) is 12.8 Å². The number of nitrogens with zero attached hydrogens (tertiary/aromatic N) is 3. The number of hydrogen-bond donors (Lipinski definition) is 0. The zero-order valence-electron chi connectivity index (χ0n) is 16.7. The van der Waals surface area contributed by atoms with E-state index in [-0.39, 0.29) is 11.6 Å². The van der Waals surface area contributed by atoms with Gasteiger partial charge in [0, 0.05) is 0 Å². The van der Waals surface area contributed by atoms with E-state index >= 15 is 0 Å². The lowest BCUT2D eigenvalue weighted by atomic mass is 10.0. The minimum absolute atomic E-state index is 0.0724. The minimum Gasteiger partial charge on any atom is -0.451 e. The van der Waals surface area contributed by atoms with Crippen LogP contribution in [0.25, 0.3) is 11.0 Å². The largest absolute Gasteiger partial charge is 0.451 e. The second-order valence-corrected chi connectivity index (χ2v) is 7.31. The fourth-order valence-corrected chi connectivity index (χ4v) is 3.87. The Kier molecular flexibility index (Phi) is 4.88. The molecule has 0 saturated carbocycles. The van der Waals surface area contributed by atoms with Crippen LogP contribution in [-0.4, -0.2) is 28.5 Å². The van der Waals surface area contributed by atoms with Gasteiger partial charge in [-0.2, -0.15) is 0 Å². The van der Waals surface area contributed by atoms with Crippen molar-refractivity contribution in [1.82, 2.24) is 9.97 Å². The first kappa shape index (κ1) is 18.9. The second kappa shape index (κ2) is 7.99. The highest BCUT2D eigenvalue weighted by Crippen LogP contribution is 2.36. The number of aryl methyl sites for hydroxylation is 2. The smallest absolute Gasteiger partial charge is 0.359 e. The van der Waals surface area contributed by atoms with Gasteiger partial charge in [0.15, 0.2) is 12.3 Å². The summed E-state index contributed by atoms with van der Waals surface area (Å²) in [6.45, 7) is -0.393. The standard InChI is InChI=1S/C25H19N3O3/c29-24(16-31-25(30)21-15-26-19-9-3-4-10-20(19)27-21)28-22-11-5-1-7-17(22)13-14-18-8-2-6-12-23(18)28/h1-12,15H,13-14,16H2. The number of aromatic nitrogens is 2. The highest BCUT2D eigenvalue weighted by atomic mass is 16.5. The number of ether oxygens (including phenoxy) is 1. The van der Waals surface area contributed by atoms with Crippen LogP contribution in [0.2, 0.25) is 0 Å². The third kappa shape index (κ3) is 3.64. The van der Waals surface area contributed by atoms with Crippen molar-refractivity contribution < 1.29 is 14.3 Å². The first-order valence-electron chi connectivity index (χ1n) is 10.1. The van der Waals surface area contributed by atoms with Crippen molar-refractivity contribution in [3.63, 3.8) is 0 Å². The maximum atomic E-state index is 13.2. The van der Waals surface area contributed by atoms with Crippen LogP contribution in [0, 0.1) is 0 Å². The summed E-state index contributed by atoms with van der Waals surface area (Å²) in [5.74, 6) is -0.994. The highest BCUT2D eigenvalue weighted by molar-refractivity contribution is 6.04. The van der Waals surface area contributed by atoms with E-state index < -0.39 is 12.6 Å². The van der Waals surface area contributed by atoms with Crippen molar-refractivity contribution >= 4 is 34.3 Å². The van der Waals surface area contributed by atoms with Gasteiger partial charge in [-0.1, -0.05) is 48.5 Å². The number of carbonyl (C=O) groups excluding carboxylic acids is 2. The monoisotopic (exact) mass is 409 g/mol. The molecule has 1 aromatic heterocycles. The number of amides is 1. The van der Waals surface area contributed by atoms with Crippen molar-refractivity contribution in [2.75, 3.05) is 11.5 Å². The molecule has 0 saturated heterocycles. The van der Waals surface area contributed by atoms with Crippen LogP contribution in [0.4, 0.5) is 11.4 Å². The number of carbonyl (C=O) groups is 2. The molecule has 0 unspecified atom stereocenters. The Balaban J connectivity index is 1.40. The molecule has 31 heavy (non-hydrogen) atoms. The molecular formula is C25H19N3O3. The molecule has 0 bridgehead atoms. The molecule has 0 aliphatic carbocycles. The number of fused-ring (bicyclic) bond motifs is 3. The third-order valence-corrected chi connectivity index (χ3v) is 5.36. The van der Waals surface area contributed by atoms with E-state index in [4.69, 9.17) is 4.74 Å². The summed E-state index contributed by atoms with van der Waals surface area (Å²) in [5.41, 5.74) is 5.16. The van der Waals surface area contributed by atoms with Crippen LogP contribution in [0.5, 0.6) is 0 Å². The summed E-state index contributed by atoms with van der Waals surface area (Å²) in [7, 11) is 0. The Hall–Kier alpha value is -4.06. The molecule has 1 amide bonds. The first-order valence-corrected chi connectivity index (χ1v) is 10.1. The topological polar surface area (TPSA) is 72.4 Å². The molecule has 0 atom stereocenters. The van der Waals surface area contributed by atoms with Crippen molar-refractivity contribution in [1.29, 1.82) is 0 Å². The van der Waals surface area contributed by atoms with E-state index in [1.165, 1.54) is 6.20 Å². The summed E-state index contributed by atoms with van der Waals surface area (Å²) in [5, 5.41) is 0. The van der Waals surface area contributed by atoms with Crippen LogP contribution < -0.4 is 4.90 Å². The predicted octanol–water partition coefficient (Wildman–Crippen LogP) is 4.25. The number of benzene rings is 3. The predicted molar refractivity (Wildman–Crippen MR) is 117 cm³/mol. The Morgan fingerprint density at radius 3 is 2.06 bits per heavy atom. The SMILES string of the molecule is O=C(OCC(=O)N1c2ccccc2CCc2ccccc21)c1cnc2ccccc2n1. The minimum atomic E-state index is -0.678. The van der Waals surface area contributed by atoms with E-state index in [1.807, 2.05) is 66.7 Å². The molecule has 5 rings (SSSR count). The zero-order chi connectivity index (χ0) is 21.2. The first-order chi connectivity index (χ1) is 15.2. The summed E-state index contributed by atoms with van der Waals surface area (Å²) < 4.78 is 5.33. The van der Waals surface area contributed by atoms with Crippen LogP contribution in [0.15, 0.2) is 79.0 Å². The Morgan fingerprint density at radius 1 is 0.806 bits per heavy atom. The summed E-state index contributed by atoms with van der Waals surface area (Å²) in [6.07, 6.45) is 3.04. The molecule has 0 N–H and O–H groups in total. The number of rotatable bonds is 3. The van der Waals surface area contributed by atoms with E-state index in [0.29, 0.717) is 11.0 Å². The lowest BCUT2D eigenvalue weighted by Gasteiger charge is -2.24. The normalized spacial score (nSPS) is 12.6. The molecule has 2 heterocycles. The fraction of sp³-hybridized carbons (Fsp3) is 0.120. The molecule has 1 aliphatic heterocycles. The van der Waals surface area contributed by atoms with Crippen LogP contribution in [-0.2, 0) is 22.4 Å². The summed E-state index contributed by atoms with van der Waals surface area (Å²) >= 11 is 0. The third-order valence-electron chi connectivity index (χ3n) is 5.36. The number of hydrogen-bond acceptors (Lipinski definition) is 5. The fourth-order valence-electron chi connectivity index (χ4n) is 3.87. The molecular weight excluding hydrogens is 390 g/mol. The molecule has 0 spiro atoms. The van der Waals surface area contributed by atoms with E-state index in [2.05, 4.69) is 9.97 Å². The van der Waals surface area contributed by atoms with Gasteiger partial charge in [0.25, 0.3) is 5.91 Å². The molecule has 3 aromatic carbocycles. The van der Waals surface area contributed by atoms with Gasteiger partial charge in [-0.15, -0.1) is 0 Å². The van der Waals surface area contributed by atoms with E-state index in [0.717, 1.165) is 35.3 Å². The van der Waals surface area contributed by atoms with Crippen molar-refractivity contribution in [3.8, 4) is 0 Å². The number of para-hydroxylation sites is 4. The Bertz CT molecular complexity index is 1250. The van der Waals surface area contributed by atoms with E-state index in [1.54, 1.807) is 11.0 Å². The number of anilines is 2. The molecule has 4 aromatic rings. The second-order valence-electron chi connectivity index (χ2n) is 7.31. The molecule has 0 fully saturated rings. The lowest BCUT2D eigenvalue weighted by molar-refractivity contribution is -0.121. The average molecular weight is 409 g/mol. The zero-order valence-corrected chi connectivity index (χ0v) is 16.7. The average Bonchev–Trinajstić information content (AvgIpc) is 2.99. The molecule has 6 nitrogen and oxygen atoms in total. The van der Waals surface area contributed by atoms with Crippen LogP contribution >= 0.6 is 0 Å². The molecule has 1 aliphatic rings. The highest BCUT2D eigenvalue weighted by Gasteiger charge is 2.26. The maximum absolute atomic E-state index is 13.2. The van der Waals surface area contributed by atoms with Crippen molar-refractivity contribution in [3.05, 3.63) is 95.8 Å². The quantitative estimate of drug-likeness (QED) is 0.473. The number of esters is 1. The van der Waals surface area contributed by atoms with Crippen LogP contribution in [0.3, 0.4) is 0 Å². The molecule has 152 valence electrons. The Labute approximate surface area is 179 Å². The van der Waals surface area contributed by atoms with Gasteiger partial charge < -0.3 is 4.74 Å². The van der Waals surface area contributed by atoms with Gasteiger partial charge in [0.05, 0.1) is 28.6 Å². The molecule has 6 heteroatoms. The van der Waals surface area contributed by atoms with Gasteiger partial charge in [-0.25, -0.2) is 9.78 Å². The van der Waals surface area contributed by atoms with E-state index in [9.17, 15) is 9.59 Å². The summed E-state index contributed by atoms with van der Waals surface area (Å²) in [4.78, 5) is 35.9. The van der Waals surface area contributed by atoms with Gasteiger partial charge in [-0.05, 0) is 48.2 Å². The Morgan fingerprint density at radius 2 is 1.39 bits per heavy atom. The van der Waals surface area contributed by atoms with Gasteiger partial charge in [0.2, 0.25) is 0 Å². The summed E-state index contributed by atoms with van der Waals surface area (Å²) in [6, 6.07) is 22.9. The maximum Gasteiger partial charge on any atom is 0.359 e. The molecule has 0 radical (unpaired) electrons. The van der Waals surface area contributed by atoms with Gasteiger partial charge >= 0.3 is 5.97 Å². The van der Waals surface area contributed by atoms with Crippen molar-refractivity contribution in [2.24, 2.45) is 0 Å². The van der Waals surface area contributed by atoms with Gasteiger partial charge in [-0.3, -0.25) is 14.7 Å². The van der Waals surface area contributed by atoms with Gasteiger partial charge in [0.1, 0.15) is 0 Å². The van der Waals surface area contributed by atoms with Crippen LogP contribution in [0.1, 0.15) is 21.6 Å². The lowest BCUT2D eigenvalue weighted by Crippen LogP contribution is -2.31.